The molecule has 7 rings (SSSR count). The first kappa shape index (κ1) is 31.0. The molecule has 0 aromatic carbocycles. The molecule has 246 valence electrons. The van der Waals surface area contributed by atoms with E-state index >= 15 is 0 Å². The highest BCUT2D eigenvalue weighted by Gasteiger charge is 2.58. The molecule has 2 unspecified atom stereocenters. The van der Waals surface area contributed by atoms with Crippen LogP contribution in [0.5, 0.6) is 0 Å². The number of fused-ring (bicyclic) bond motifs is 3. The number of pyridine rings is 2. The highest BCUT2D eigenvalue weighted by Crippen LogP contribution is 2.50. The van der Waals surface area contributed by atoms with Crippen molar-refractivity contribution in [3.63, 3.8) is 0 Å². The standard InChI is InChI=1S/C33H41F3N8O2/c1-31(2,41-29(45)25-18-12-37-13-19(18)25)10-9-23-22(33(34,35)36)8-7-17(40-23)16-44-24-6-5-11-39-27(24)28(43-44)32(3,4)42-30(46)26-20-14-38-15-21(20)26/h5-8,11,18-21,25-26,37-38H,9-10,12-16H2,1-4H3,(H,41,45)(H,42,46)/t18-,19+,20-,21+,25?,26?. The Balaban J connectivity index is 1.10. The summed E-state index contributed by atoms with van der Waals surface area (Å²) in [5.74, 6) is 1.44. The first-order valence-corrected chi connectivity index (χ1v) is 16.2. The van der Waals surface area contributed by atoms with E-state index in [1.165, 1.54) is 6.07 Å². The third-order valence-electron chi connectivity index (χ3n) is 10.4. The summed E-state index contributed by atoms with van der Waals surface area (Å²) >= 11 is 0. The zero-order valence-corrected chi connectivity index (χ0v) is 26.5. The van der Waals surface area contributed by atoms with Crippen molar-refractivity contribution in [1.82, 2.24) is 41.0 Å². The largest absolute Gasteiger partial charge is 0.418 e. The summed E-state index contributed by atoms with van der Waals surface area (Å²) in [4.78, 5) is 35.1. The van der Waals surface area contributed by atoms with Gasteiger partial charge in [-0.1, -0.05) is 0 Å². The summed E-state index contributed by atoms with van der Waals surface area (Å²) in [6.45, 7) is 11.0. The van der Waals surface area contributed by atoms with E-state index in [9.17, 15) is 22.8 Å². The van der Waals surface area contributed by atoms with Gasteiger partial charge in [0.05, 0.1) is 34.6 Å². The van der Waals surface area contributed by atoms with Crippen molar-refractivity contribution in [3.8, 4) is 0 Å². The van der Waals surface area contributed by atoms with Crippen LogP contribution in [-0.4, -0.2) is 63.3 Å². The Bertz CT molecular complexity index is 1660. The van der Waals surface area contributed by atoms with E-state index in [1.54, 1.807) is 16.9 Å². The van der Waals surface area contributed by atoms with Crippen molar-refractivity contribution in [2.24, 2.45) is 35.5 Å². The van der Waals surface area contributed by atoms with Crippen molar-refractivity contribution in [2.45, 2.75) is 64.3 Å². The lowest BCUT2D eigenvalue weighted by Crippen LogP contribution is -2.45. The van der Waals surface area contributed by atoms with Gasteiger partial charge in [-0.05, 0) is 115 Å². The molecule has 2 aliphatic carbocycles. The van der Waals surface area contributed by atoms with Crippen molar-refractivity contribution in [3.05, 3.63) is 53.1 Å². The Hall–Kier alpha value is -3.58. The van der Waals surface area contributed by atoms with E-state index in [0.29, 0.717) is 52.5 Å². The molecule has 5 heterocycles. The number of nitrogens with zero attached hydrogens (tertiary/aromatic N) is 4. The number of hydrogen-bond acceptors (Lipinski definition) is 7. The number of aromatic nitrogens is 4. The van der Waals surface area contributed by atoms with Crippen LogP contribution in [0, 0.1) is 35.5 Å². The minimum Gasteiger partial charge on any atom is -0.351 e. The summed E-state index contributed by atoms with van der Waals surface area (Å²) in [5, 5.41) is 17.7. The van der Waals surface area contributed by atoms with Crippen molar-refractivity contribution in [2.75, 3.05) is 26.2 Å². The fourth-order valence-electron chi connectivity index (χ4n) is 7.76. The summed E-state index contributed by atoms with van der Waals surface area (Å²) in [7, 11) is 0. The molecule has 0 bridgehead atoms. The Kier molecular flexibility index (Phi) is 7.43. The van der Waals surface area contributed by atoms with Gasteiger partial charge in [-0.2, -0.15) is 18.3 Å². The normalized spacial score (nSPS) is 26.9. The van der Waals surface area contributed by atoms with E-state index < -0.39 is 22.8 Å². The Morgan fingerprint density at radius 3 is 2.13 bits per heavy atom. The van der Waals surface area contributed by atoms with Crippen molar-refractivity contribution < 1.29 is 22.8 Å². The minimum absolute atomic E-state index is 0.000528. The van der Waals surface area contributed by atoms with Gasteiger partial charge in [0.2, 0.25) is 11.8 Å². The molecular formula is C33H41F3N8O2. The highest BCUT2D eigenvalue weighted by atomic mass is 19.4. The molecule has 4 N–H and O–H groups in total. The van der Waals surface area contributed by atoms with Crippen LogP contribution in [0.2, 0.25) is 0 Å². The predicted molar refractivity (Wildman–Crippen MR) is 164 cm³/mol. The van der Waals surface area contributed by atoms with Gasteiger partial charge in [-0.25, -0.2) is 0 Å². The molecule has 0 spiro atoms. The van der Waals surface area contributed by atoms with Gasteiger partial charge in [-0.15, -0.1) is 0 Å². The topological polar surface area (TPSA) is 126 Å². The van der Waals surface area contributed by atoms with E-state index in [2.05, 4.69) is 31.2 Å². The molecule has 2 saturated heterocycles. The van der Waals surface area contributed by atoms with Crippen molar-refractivity contribution >= 4 is 22.8 Å². The van der Waals surface area contributed by atoms with Crippen LogP contribution in [0.4, 0.5) is 13.2 Å². The highest BCUT2D eigenvalue weighted by molar-refractivity contribution is 5.85. The van der Waals surface area contributed by atoms with Crippen LogP contribution in [-0.2, 0) is 34.3 Å². The lowest BCUT2D eigenvalue weighted by Gasteiger charge is -2.27. The molecule has 4 aliphatic rings. The number of carbonyl (C=O) groups excluding carboxylic acids is 2. The summed E-state index contributed by atoms with van der Waals surface area (Å²) < 4.78 is 43.9. The number of piperidine rings is 2. The van der Waals surface area contributed by atoms with Gasteiger partial charge >= 0.3 is 6.18 Å². The third-order valence-corrected chi connectivity index (χ3v) is 10.4. The third kappa shape index (κ3) is 5.76. The molecule has 10 nitrogen and oxygen atoms in total. The van der Waals surface area contributed by atoms with Gasteiger partial charge in [0.25, 0.3) is 0 Å². The smallest absolute Gasteiger partial charge is 0.351 e. The molecular weight excluding hydrogens is 597 g/mol. The SMILES string of the molecule is CC(C)(CCc1nc(Cn2nc(C(C)(C)NC(=O)C3[C@H]4CNC[C@@H]34)c3ncccc32)ccc1C(F)(F)F)NC(=O)C1[C@H]2CNC[C@@H]12. The van der Waals surface area contributed by atoms with Crippen LogP contribution < -0.4 is 21.3 Å². The molecule has 3 aromatic heterocycles. The van der Waals surface area contributed by atoms with Crippen LogP contribution >= 0.6 is 0 Å². The quantitative estimate of drug-likeness (QED) is 0.269. The average Bonchev–Trinajstić information content (AvgIpc) is 3.55. The number of hydrogen-bond donors (Lipinski definition) is 4. The van der Waals surface area contributed by atoms with Gasteiger partial charge < -0.3 is 21.3 Å². The van der Waals surface area contributed by atoms with Gasteiger partial charge in [0.1, 0.15) is 11.2 Å². The molecule has 6 atom stereocenters. The van der Waals surface area contributed by atoms with Gasteiger partial charge in [0, 0.05) is 23.6 Å². The maximum Gasteiger partial charge on any atom is 0.418 e. The average molecular weight is 639 g/mol. The van der Waals surface area contributed by atoms with E-state index in [4.69, 9.17) is 5.10 Å². The van der Waals surface area contributed by atoms with Crippen LogP contribution in [0.15, 0.2) is 30.5 Å². The number of rotatable bonds is 10. The monoisotopic (exact) mass is 638 g/mol. The zero-order chi connectivity index (χ0) is 32.6. The molecule has 4 fully saturated rings. The Morgan fingerprint density at radius 2 is 1.52 bits per heavy atom. The maximum absolute atomic E-state index is 14.1. The Morgan fingerprint density at radius 1 is 0.913 bits per heavy atom. The molecule has 0 radical (unpaired) electrons. The Labute approximate surface area is 265 Å². The van der Waals surface area contributed by atoms with Crippen LogP contribution in [0.1, 0.15) is 56.8 Å². The molecule has 46 heavy (non-hydrogen) atoms. The minimum atomic E-state index is -4.57. The van der Waals surface area contributed by atoms with Gasteiger partial charge in [-0.3, -0.25) is 24.2 Å². The zero-order valence-electron chi connectivity index (χ0n) is 26.5. The number of carbonyl (C=O) groups is 2. The lowest BCUT2D eigenvalue weighted by molar-refractivity contribution is -0.138. The number of alkyl halides is 3. The maximum atomic E-state index is 14.1. The van der Waals surface area contributed by atoms with Crippen LogP contribution in [0.25, 0.3) is 11.0 Å². The molecule has 3 aromatic rings. The fourth-order valence-corrected chi connectivity index (χ4v) is 7.76. The fraction of sp³-hybridized carbons (Fsp3) is 0.606. The molecule has 2 saturated carbocycles. The number of amides is 2. The first-order chi connectivity index (χ1) is 21.7. The summed E-state index contributed by atoms with van der Waals surface area (Å²) in [6.07, 6.45) is -2.57. The van der Waals surface area contributed by atoms with Crippen molar-refractivity contribution in [1.29, 1.82) is 0 Å². The number of nitrogens with one attached hydrogen (secondary N) is 4. The lowest BCUT2D eigenvalue weighted by atomic mass is 9.94. The molecule has 13 heteroatoms. The number of halogens is 3. The first-order valence-electron chi connectivity index (χ1n) is 16.2. The molecule has 2 amide bonds. The van der Waals surface area contributed by atoms with E-state index in [1.807, 2.05) is 33.8 Å². The predicted octanol–water partition coefficient (Wildman–Crippen LogP) is 3.00. The van der Waals surface area contributed by atoms with E-state index in [-0.39, 0.29) is 42.3 Å². The summed E-state index contributed by atoms with van der Waals surface area (Å²) in [6, 6.07) is 6.10. The van der Waals surface area contributed by atoms with Crippen LogP contribution in [0.3, 0.4) is 0 Å². The second kappa shape index (κ2) is 11.0. The second-order valence-corrected chi connectivity index (χ2v) is 14.7. The molecule has 2 aliphatic heterocycles. The number of aryl methyl sites for hydroxylation is 1. The second-order valence-electron chi connectivity index (χ2n) is 14.7. The van der Waals surface area contributed by atoms with E-state index in [0.717, 1.165) is 32.2 Å². The summed E-state index contributed by atoms with van der Waals surface area (Å²) in [5.41, 5.74) is -0.0612. The van der Waals surface area contributed by atoms with Gasteiger partial charge in [0.15, 0.2) is 0 Å².